The molecule has 2 heterocycles. The van der Waals surface area contributed by atoms with Crippen LogP contribution in [0.3, 0.4) is 0 Å². The quantitative estimate of drug-likeness (QED) is 0.171. The molecule has 2 fully saturated rings. The zero-order valence-electron chi connectivity index (χ0n) is 24.5. The number of carbonyl (C=O) groups excluding carboxylic acids is 4. The number of rotatable bonds is 13. The molecule has 0 aromatic heterocycles. The highest BCUT2D eigenvalue weighted by molar-refractivity contribution is 5.95. The summed E-state index contributed by atoms with van der Waals surface area (Å²) in [7, 11) is 0. The van der Waals surface area contributed by atoms with Gasteiger partial charge in [0.1, 0.15) is 11.9 Å². The number of halogens is 1. The minimum Gasteiger partial charge on any atom is -0.466 e. The van der Waals surface area contributed by atoms with Crippen LogP contribution in [0.1, 0.15) is 89.7 Å². The molecule has 1 aliphatic carbocycles. The van der Waals surface area contributed by atoms with Crippen LogP contribution in [0, 0.1) is 17.2 Å². The van der Waals surface area contributed by atoms with Gasteiger partial charge in [0.15, 0.2) is 5.78 Å². The van der Waals surface area contributed by atoms with Gasteiger partial charge < -0.3 is 14.4 Å². The zero-order chi connectivity index (χ0) is 29.6. The first-order chi connectivity index (χ1) is 19.7. The fourth-order valence-corrected chi connectivity index (χ4v) is 6.14. The molecule has 1 aromatic carbocycles. The molecule has 4 atom stereocenters. The first kappa shape index (κ1) is 30.7. The van der Waals surface area contributed by atoms with E-state index in [9.17, 15) is 23.6 Å². The number of amides is 2. The van der Waals surface area contributed by atoms with Crippen molar-refractivity contribution in [3.8, 4) is 0 Å². The van der Waals surface area contributed by atoms with Gasteiger partial charge >= 0.3 is 12.1 Å². The van der Waals surface area contributed by atoms with E-state index in [1.165, 1.54) is 35.1 Å². The number of likely N-dealkylation sites (tertiary alicyclic amines) is 1. The number of unbranched alkanes of at least 4 members (excludes halogenated alkanes) is 4. The number of fused-ring (bicyclic) bond motifs is 1. The Balaban J connectivity index is 1.40. The highest BCUT2D eigenvalue weighted by Crippen LogP contribution is 2.57. The second-order valence-corrected chi connectivity index (χ2v) is 11.5. The predicted molar refractivity (Wildman–Crippen MR) is 151 cm³/mol. The normalized spacial score (nSPS) is 24.9. The van der Waals surface area contributed by atoms with Crippen molar-refractivity contribution in [3.63, 3.8) is 0 Å². The molecule has 0 bridgehead atoms. The van der Waals surface area contributed by atoms with Crippen molar-refractivity contribution in [1.29, 1.82) is 0 Å². The zero-order valence-corrected chi connectivity index (χ0v) is 24.5. The first-order valence-corrected chi connectivity index (χ1v) is 15.1. The predicted octanol–water partition coefficient (Wildman–Crippen LogP) is 5.71. The summed E-state index contributed by atoms with van der Waals surface area (Å²) in [6, 6.07) is 3.98. The largest absolute Gasteiger partial charge is 0.466 e. The minimum absolute atomic E-state index is 0.0176. The maximum absolute atomic E-state index is 14.2. The SMILES string of the molecule is CCCCCC/C=C\[C@@H]1C[C@]1(CC(=O)[C@@H]1C[C@@H](OC(=O)N2Cc3cccc(F)c3C2)CN1C(=O)CC)C(=O)OCC. The summed E-state index contributed by atoms with van der Waals surface area (Å²) in [5, 5.41) is 0. The van der Waals surface area contributed by atoms with Crippen molar-refractivity contribution in [2.75, 3.05) is 13.2 Å². The van der Waals surface area contributed by atoms with Gasteiger partial charge in [0.2, 0.25) is 5.91 Å². The molecule has 4 rings (SSSR count). The van der Waals surface area contributed by atoms with Gasteiger partial charge in [-0.25, -0.2) is 9.18 Å². The molecule has 0 radical (unpaired) electrons. The number of ether oxygens (including phenoxy) is 2. The third-order valence-corrected chi connectivity index (χ3v) is 8.61. The minimum atomic E-state index is -0.909. The van der Waals surface area contributed by atoms with Crippen LogP contribution in [0.5, 0.6) is 0 Å². The fraction of sp³-hybridized carbons (Fsp3) is 0.625. The number of benzene rings is 1. The second kappa shape index (κ2) is 13.6. The Morgan fingerprint density at radius 1 is 1.10 bits per heavy atom. The molecule has 9 heteroatoms. The number of ketones is 1. The summed E-state index contributed by atoms with van der Waals surface area (Å²) in [6.07, 6.45) is 9.35. The molecule has 1 aromatic rings. The highest BCUT2D eigenvalue weighted by Gasteiger charge is 2.61. The van der Waals surface area contributed by atoms with Gasteiger partial charge in [-0.05, 0) is 43.7 Å². The molecule has 0 unspecified atom stereocenters. The number of esters is 1. The van der Waals surface area contributed by atoms with Gasteiger partial charge in [0, 0.05) is 31.4 Å². The van der Waals surface area contributed by atoms with Crippen molar-refractivity contribution in [3.05, 3.63) is 47.3 Å². The molecule has 2 amide bonds. The van der Waals surface area contributed by atoms with Crippen molar-refractivity contribution in [1.82, 2.24) is 9.80 Å². The van der Waals surface area contributed by atoms with Gasteiger partial charge in [0.05, 0.1) is 31.2 Å². The van der Waals surface area contributed by atoms with Crippen LogP contribution in [-0.2, 0) is 36.9 Å². The van der Waals surface area contributed by atoms with Crippen LogP contribution in [-0.4, -0.2) is 58.9 Å². The van der Waals surface area contributed by atoms with E-state index in [-0.39, 0.29) is 74.9 Å². The monoisotopic (exact) mass is 570 g/mol. The van der Waals surface area contributed by atoms with Crippen molar-refractivity contribution < 1.29 is 33.0 Å². The Morgan fingerprint density at radius 3 is 2.61 bits per heavy atom. The molecule has 2 aliphatic heterocycles. The summed E-state index contributed by atoms with van der Waals surface area (Å²) in [5.74, 6) is -1.22. The molecular weight excluding hydrogens is 527 g/mol. The lowest BCUT2D eigenvalue weighted by Gasteiger charge is -2.24. The summed E-state index contributed by atoms with van der Waals surface area (Å²) < 4.78 is 25.3. The Hall–Kier alpha value is -3.23. The topological polar surface area (TPSA) is 93.2 Å². The van der Waals surface area contributed by atoms with Crippen LogP contribution in [0.15, 0.2) is 30.4 Å². The Kier molecular flexibility index (Phi) is 10.2. The van der Waals surface area contributed by atoms with E-state index in [2.05, 4.69) is 13.0 Å². The number of hydrogen-bond acceptors (Lipinski definition) is 6. The Labute approximate surface area is 242 Å². The van der Waals surface area contributed by atoms with Crippen LogP contribution in [0.4, 0.5) is 9.18 Å². The number of nitrogens with zero attached hydrogens (tertiary/aromatic N) is 2. The van der Waals surface area contributed by atoms with Crippen LogP contribution in [0.2, 0.25) is 0 Å². The van der Waals surface area contributed by atoms with Crippen molar-refractivity contribution in [2.24, 2.45) is 11.3 Å². The van der Waals surface area contributed by atoms with Gasteiger partial charge in [0.25, 0.3) is 0 Å². The number of Topliss-reactive ketones (excluding diaryl/α,β-unsaturated/α-hetero) is 1. The summed E-state index contributed by atoms with van der Waals surface area (Å²) in [4.78, 5) is 55.4. The molecule has 41 heavy (non-hydrogen) atoms. The Morgan fingerprint density at radius 2 is 1.90 bits per heavy atom. The molecular formula is C32H43FN2O6. The average molecular weight is 571 g/mol. The standard InChI is InChI=1S/C32H43FN2O6/c1-4-7-8-9-10-11-14-23-17-32(23,30(38)40-6-3)18-28(36)27-16-24(20-35(27)29(37)5-2)41-31(39)34-19-22-13-12-15-26(33)25(22)21-34/h11-15,23-24,27H,4-10,16-21H2,1-3H3/b14-11-/t23-,24-,27+,32-/m1/s1. The number of hydrogen-bond donors (Lipinski definition) is 0. The van der Waals surface area contributed by atoms with Gasteiger partial charge in [-0.2, -0.15) is 0 Å². The molecule has 8 nitrogen and oxygen atoms in total. The average Bonchev–Trinajstić information content (AvgIpc) is 3.26. The maximum Gasteiger partial charge on any atom is 0.410 e. The Bertz CT molecular complexity index is 1170. The first-order valence-electron chi connectivity index (χ1n) is 15.1. The summed E-state index contributed by atoms with van der Waals surface area (Å²) in [6.45, 7) is 6.34. The number of allylic oxidation sites excluding steroid dienone is 2. The number of carbonyl (C=O) groups is 4. The lowest BCUT2D eigenvalue weighted by molar-refractivity contribution is -0.152. The van der Waals surface area contributed by atoms with Gasteiger partial charge in [-0.15, -0.1) is 0 Å². The van der Waals surface area contributed by atoms with E-state index < -0.39 is 23.7 Å². The van der Waals surface area contributed by atoms with E-state index >= 15 is 0 Å². The molecule has 0 N–H and O–H groups in total. The van der Waals surface area contributed by atoms with Crippen LogP contribution in [0.25, 0.3) is 0 Å². The molecule has 224 valence electrons. The van der Waals surface area contributed by atoms with Gasteiger partial charge in [-0.1, -0.05) is 57.4 Å². The lowest BCUT2D eigenvalue weighted by atomic mass is 9.92. The van der Waals surface area contributed by atoms with Crippen LogP contribution >= 0.6 is 0 Å². The van der Waals surface area contributed by atoms with Crippen molar-refractivity contribution >= 4 is 23.8 Å². The lowest BCUT2D eigenvalue weighted by Crippen LogP contribution is -2.42. The summed E-state index contributed by atoms with van der Waals surface area (Å²) in [5.41, 5.74) is 0.307. The van der Waals surface area contributed by atoms with E-state index in [0.717, 1.165) is 18.4 Å². The molecule has 1 saturated carbocycles. The van der Waals surface area contributed by atoms with E-state index in [0.29, 0.717) is 12.0 Å². The van der Waals surface area contributed by atoms with Crippen molar-refractivity contribution in [2.45, 2.75) is 104 Å². The maximum atomic E-state index is 14.2. The van der Waals surface area contributed by atoms with E-state index in [1.54, 1.807) is 26.0 Å². The molecule has 0 spiro atoms. The highest BCUT2D eigenvalue weighted by atomic mass is 19.1. The third-order valence-electron chi connectivity index (χ3n) is 8.61. The third kappa shape index (κ3) is 6.99. The van der Waals surface area contributed by atoms with E-state index in [4.69, 9.17) is 9.47 Å². The smallest absolute Gasteiger partial charge is 0.410 e. The van der Waals surface area contributed by atoms with E-state index in [1.807, 2.05) is 6.08 Å². The van der Waals surface area contributed by atoms with Gasteiger partial charge in [-0.3, -0.25) is 19.3 Å². The molecule has 1 saturated heterocycles. The summed E-state index contributed by atoms with van der Waals surface area (Å²) >= 11 is 0. The van der Waals surface area contributed by atoms with Crippen LogP contribution < -0.4 is 0 Å². The second-order valence-electron chi connectivity index (χ2n) is 11.5. The molecule has 3 aliphatic rings. The fourth-order valence-electron chi connectivity index (χ4n) is 6.14.